The number of para-hydroxylation sites is 1. The van der Waals surface area contributed by atoms with Crippen LogP contribution in [0.5, 0.6) is 0 Å². The maximum absolute atomic E-state index is 13.3. The summed E-state index contributed by atoms with van der Waals surface area (Å²) in [6.07, 6.45) is 3.54. The summed E-state index contributed by atoms with van der Waals surface area (Å²) in [5, 5.41) is 5.97. The molecule has 0 amide bonds. The number of fused-ring (bicyclic) bond motifs is 1. The molecule has 5 heteroatoms. The van der Waals surface area contributed by atoms with Crippen molar-refractivity contribution in [1.82, 2.24) is 14.7 Å². The minimum absolute atomic E-state index is 0.223. The molecule has 1 aromatic heterocycles. The Morgan fingerprint density at radius 2 is 1.93 bits per heavy atom. The number of hydrogen-bond donors (Lipinski definition) is 0. The fourth-order valence-electron chi connectivity index (χ4n) is 4.11. The third-order valence-corrected chi connectivity index (χ3v) is 5.45. The molecule has 3 aromatic rings. The molecule has 1 fully saturated rings. The molecule has 0 radical (unpaired) electrons. The Labute approximate surface area is 159 Å². The molecule has 142 valence electrons. The van der Waals surface area contributed by atoms with Crippen molar-refractivity contribution < 1.29 is 9.13 Å². The molecule has 4 rings (SSSR count). The van der Waals surface area contributed by atoms with Gasteiger partial charge < -0.3 is 4.74 Å². The van der Waals surface area contributed by atoms with Crippen molar-refractivity contribution in [2.45, 2.75) is 31.8 Å². The van der Waals surface area contributed by atoms with Crippen molar-refractivity contribution in [2.24, 2.45) is 0 Å². The molecule has 0 saturated carbocycles. The van der Waals surface area contributed by atoms with Gasteiger partial charge in [0.25, 0.3) is 0 Å². The lowest BCUT2D eigenvalue weighted by Gasteiger charge is -2.23. The van der Waals surface area contributed by atoms with E-state index in [0.717, 1.165) is 54.8 Å². The second kappa shape index (κ2) is 8.19. The SMILES string of the molecule is COCC1CCCN1CCCn1nc(-c2ccc(F)cc2)c2ccccc21. The highest BCUT2D eigenvalue weighted by atomic mass is 19.1. The van der Waals surface area contributed by atoms with Crippen LogP contribution in [0, 0.1) is 5.82 Å². The summed E-state index contributed by atoms with van der Waals surface area (Å²) in [4.78, 5) is 2.54. The number of hydrogen-bond acceptors (Lipinski definition) is 3. The standard InChI is InChI=1S/C22H26FN3O/c1-27-16-19-6-4-13-25(19)14-5-15-26-21-8-3-2-7-20(21)22(24-26)17-9-11-18(23)12-10-17/h2-3,7-12,19H,4-6,13-16H2,1H3. The second-order valence-corrected chi connectivity index (χ2v) is 7.24. The topological polar surface area (TPSA) is 30.3 Å². The Morgan fingerprint density at radius 3 is 2.74 bits per heavy atom. The quantitative estimate of drug-likeness (QED) is 0.622. The van der Waals surface area contributed by atoms with Crippen molar-refractivity contribution in [1.29, 1.82) is 0 Å². The van der Waals surface area contributed by atoms with Crippen molar-refractivity contribution in [3.8, 4) is 11.3 Å². The molecule has 1 atom stereocenters. The number of likely N-dealkylation sites (tertiary alicyclic amines) is 1. The van der Waals surface area contributed by atoms with Crippen molar-refractivity contribution in [3.05, 3.63) is 54.3 Å². The number of ether oxygens (including phenoxy) is 1. The van der Waals surface area contributed by atoms with E-state index in [1.165, 1.54) is 25.0 Å². The van der Waals surface area contributed by atoms with E-state index in [9.17, 15) is 4.39 Å². The van der Waals surface area contributed by atoms with Crippen LogP contribution in [-0.4, -0.2) is 47.5 Å². The molecular formula is C22H26FN3O. The van der Waals surface area contributed by atoms with E-state index >= 15 is 0 Å². The molecule has 0 aliphatic carbocycles. The van der Waals surface area contributed by atoms with Gasteiger partial charge in [-0.3, -0.25) is 9.58 Å². The number of aromatic nitrogens is 2. The van der Waals surface area contributed by atoms with Crippen LogP contribution in [-0.2, 0) is 11.3 Å². The maximum atomic E-state index is 13.3. The van der Waals surface area contributed by atoms with Gasteiger partial charge in [-0.15, -0.1) is 0 Å². The van der Waals surface area contributed by atoms with E-state index in [1.54, 1.807) is 19.2 Å². The number of benzene rings is 2. The Bertz CT molecular complexity index is 890. The van der Waals surface area contributed by atoms with Crippen molar-refractivity contribution >= 4 is 10.9 Å². The summed E-state index contributed by atoms with van der Waals surface area (Å²) in [6.45, 7) is 3.92. The molecular weight excluding hydrogens is 341 g/mol. The van der Waals surface area contributed by atoms with Crippen LogP contribution in [0.4, 0.5) is 4.39 Å². The van der Waals surface area contributed by atoms with Gasteiger partial charge in [0.15, 0.2) is 0 Å². The summed E-state index contributed by atoms with van der Waals surface area (Å²) in [5.41, 5.74) is 3.00. The first-order valence-corrected chi connectivity index (χ1v) is 9.71. The van der Waals surface area contributed by atoms with Gasteiger partial charge in [-0.2, -0.15) is 5.10 Å². The first kappa shape index (κ1) is 18.1. The second-order valence-electron chi connectivity index (χ2n) is 7.24. The van der Waals surface area contributed by atoms with E-state index in [-0.39, 0.29) is 5.82 Å². The van der Waals surface area contributed by atoms with Crippen LogP contribution < -0.4 is 0 Å². The van der Waals surface area contributed by atoms with Crippen LogP contribution in [0.25, 0.3) is 22.2 Å². The van der Waals surface area contributed by atoms with E-state index in [2.05, 4.69) is 21.7 Å². The molecule has 4 nitrogen and oxygen atoms in total. The van der Waals surface area contributed by atoms with Crippen LogP contribution in [0.1, 0.15) is 19.3 Å². The molecule has 0 spiro atoms. The number of halogens is 1. The highest BCUT2D eigenvalue weighted by Crippen LogP contribution is 2.28. The monoisotopic (exact) mass is 367 g/mol. The minimum Gasteiger partial charge on any atom is -0.383 e. The highest BCUT2D eigenvalue weighted by Gasteiger charge is 2.23. The lowest BCUT2D eigenvalue weighted by atomic mass is 10.1. The van der Waals surface area contributed by atoms with Gasteiger partial charge in [0.1, 0.15) is 11.5 Å². The van der Waals surface area contributed by atoms with E-state index in [1.807, 2.05) is 12.1 Å². The number of nitrogens with zero attached hydrogens (tertiary/aromatic N) is 3. The van der Waals surface area contributed by atoms with Gasteiger partial charge in [0, 0.05) is 37.2 Å². The van der Waals surface area contributed by atoms with Crippen LogP contribution in [0.15, 0.2) is 48.5 Å². The summed E-state index contributed by atoms with van der Waals surface area (Å²) in [7, 11) is 1.78. The Hall–Kier alpha value is -2.24. The molecule has 1 aliphatic heterocycles. The van der Waals surface area contributed by atoms with Gasteiger partial charge in [0.2, 0.25) is 0 Å². The van der Waals surface area contributed by atoms with Crippen molar-refractivity contribution in [3.63, 3.8) is 0 Å². The maximum Gasteiger partial charge on any atom is 0.123 e. The largest absolute Gasteiger partial charge is 0.383 e. The van der Waals surface area contributed by atoms with Gasteiger partial charge in [0.05, 0.1) is 12.1 Å². The molecule has 1 saturated heterocycles. The Morgan fingerprint density at radius 1 is 1.11 bits per heavy atom. The normalized spacial score (nSPS) is 17.8. The first-order valence-electron chi connectivity index (χ1n) is 9.71. The average Bonchev–Trinajstić information content (AvgIpc) is 3.28. The zero-order valence-corrected chi connectivity index (χ0v) is 15.8. The van der Waals surface area contributed by atoms with Crippen molar-refractivity contribution in [2.75, 3.05) is 26.8 Å². The van der Waals surface area contributed by atoms with E-state index in [4.69, 9.17) is 9.84 Å². The fraction of sp³-hybridized carbons (Fsp3) is 0.409. The number of methoxy groups -OCH3 is 1. The van der Waals surface area contributed by atoms with Gasteiger partial charge >= 0.3 is 0 Å². The third-order valence-electron chi connectivity index (χ3n) is 5.45. The van der Waals surface area contributed by atoms with Crippen LogP contribution >= 0.6 is 0 Å². The first-order chi connectivity index (χ1) is 13.3. The third kappa shape index (κ3) is 3.89. The van der Waals surface area contributed by atoms with Gasteiger partial charge in [-0.05, 0) is 56.1 Å². The van der Waals surface area contributed by atoms with E-state index in [0.29, 0.717) is 6.04 Å². The van der Waals surface area contributed by atoms with Crippen LogP contribution in [0.2, 0.25) is 0 Å². The molecule has 0 bridgehead atoms. The molecule has 1 aliphatic rings. The Kier molecular flexibility index (Phi) is 5.50. The molecule has 2 aromatic carbocycles. The summed E-state index contributed by atoms with van der Waals surface area (Å²) in [5.74, 6) is -0.223. The summed E-state index contributed by atoms with van der Waals surface area (Å²) in [6, 6.07) is 15.4. The zero-order valence-electron chi connectivity index (χ0n) is 15.8. The smallest absolute Gasteiger partial charge is 0.123 e. The zero-order chi connectivity index (χ0) is 18.6. The lowest BCUT2D eigenvalue weighted by Crippen LogP contribution is -2.34. The number of aryl methyl sites for hydroxylation is 1. The van der Waals surface area contributed by atoms with E-state index < -0.39 is 0 Å². The van der Waals surface area contributed by atoms with Crippen LogP contribution in [0.3, 0.4) is 0 Å². The average molecular weight is 367 g/mol. The minimum atomic E-state index is -0.223. The fourth-order valence-corrected chi connectivity index (χ4v) is 4.11. The Balaban J connectivity index is 1.51. The molecule has 0 N–H and O–H groups in total. The lowest BCUT2D eigenvalue weighted by molar-refractivity contribution is 0.114. The van der Waals surface area contributed by atoms with Gasteiger partial charge in [-0.1, -0.05) is 18.2 Å². The summed E-state index contributed by atoms with van der Waals surface area (Å²) < 4.78 is 20.7. The molecule has 2 heterocycles. The molecule has 1 unspecified atom stereocenters. The summed E-state index contributed by atoms with van der Waals surface area (Å²) >= 11 is 0. The predicted molar refractivity (Wildman–Crippen MR) is 106 cm³/mol. The molecule has 27 heavy (non-hydrogen) atoms. The number of rotatable bonds is 7. The highest BCUT2D eigenvalue weighted by molar-refractivity contribution is 5.93. The predicted octanol–water partition coefficient (Wildman–Crippen LogP) is 4.34. The van der Waals surface area contributed by atoms with Gasteiger partial charge in [-0.25, -0.2) is 4.39 Å².